The summed E-state index contributed by atoms with van der Waals surface area (Å²) in [5, 5.41) is 19.7. The molecule has 0 fully saturated rings. The molecule has 0 aliphatic rings. The number of para-hydroxylation sites is 2. The first-order valence-electron chi connectivity index (χ1n) is 6.21. The maximum atomic E-state index is 12.2. The van der Waals surface area contributed by atoms with E-state index < -0.39 is 11.6 Å². The molecule has 0 saturated heterocycles. The van der Waals surface area contributed by atoms with Crippen molar-refractivity contribution in [2.24, 2.45) is 0 Å². The number of aromatic nitrogens is 1. The largest absolute Gasteiger partial charge is 0.506 e. The highest BCUT2D eigenvalue weighted by molar-refractivity contribution is 5.92. The van der Waals surface area contributed by atoms with Crippen LogP contribution in [0.3, 0.4) is 0 Å². The normalized spacial score (nSPS) is 11.3. The number of benzene rings is 1. The van der Waals surface area contributed by atoms with Crippen molar-refractivity contribution in [1.82, 2.24) is 4.57 Å². The van der Waals surface area contributed by atoms with Crippen LogP contribution in [0.1, 0.15) is 31.3 Å². The van der Waals surface area contributed by atoms with Crippen LogP contribution >= 0.6 is 0 Å². The van der Waals surface area contributed by atoms with Crippen molar-refractivity contribution < 1.29 is 19.7 Å². The van der Waals surface area contributed by atoms with Crippen LogP contribution in [0, 0.1) is 0 Å². The summed E-state index contributed by atoms with van der Waals surface area (Å²) < 4.78 is 6.67. The van der Waals surface area contributed by atoms with E-state index in [9.17, 15) is 15.0 Å². The smallest absolute Gasteiger partial charge is 0.359 e. The first-order valence-corrected chi connectivity index (χ1v) is 6.21. The predicted octanol–water partition coefficient (Wildman–Crippen LogP) is 2.84. The number of hydrogen-bond acceptors (Lipinski definition) is 4. The Morgan fingerprint density at radius 1 is 1.10 bits per heavy atom. The third-order valence-corrected chi connectivity index (χ3v) is 2.60. The lowest BCUT2D eigenvalue weighted by atomic mass is 10.2. The Balaban J connectivity index is 2.48. The van der Waals surface area contributed by atoms with Gasteiger partial charge in [0.1, 0.15) is 17.1 Å². The average Bonchev–Trinajstić information content (AvgIpc) is 2.69. The number of nitrogens with zero attached hydrogens (tertiary/aromatic N) is 1. The van der Waals surface area contributed by atoms with Gasteiger partial charge in [0, 0.05) is 6.20 Å². The molecule has 2 N–H and O–H groups in total. The van der Waals surface area contributed by atoms with E-state index in [0.29, 0.717) is 5.69 Å². The van der Waals surface area contributed by atoms with Gasteiger partial charge < -0.3 is 19.5 Å². The van der Waals surface area contributed by atoms with E-state index >= 15 is 0 Å². The van der Waals surface area contributed by atoms with Crippen LogP contribution in [-0.4, -0.2) is 26.4 Å². The Labute approximate surface area is 117 Å². The van der Waals surface area contributed by atoms with Crippen molar-refractivity contribution in [3.05, 3.63) is 42.2 Å². The van der Waals surface area contributed by atoms with Crippen LogP contribution in [0.2, 0.25) is 0 Å². The fourth-order valence-electron chi connectivity index (χ4n) is 1.82. The van der Waals surface area contributed by atoms with Crippen molar-refractivity contribution in [3.8, 4) is 17.2 Å². The summed E-state index contributed by atoms with van der Waals surface area (Å²) in [7, 11) is 0. The van der Waals surface area contributed by atoms with Gasteiger partial charge in [-0.05, 0) is 39.0 Å². The van der Waals surface area contributed by atoms with Crippen molar-refractivity contribution in [2.75, 3.05) is 0 Å². The third kappa shape index (κ3) is 2.77. The quantitative estimate of drug-likeness (QED) is 0.827. The molecule has 1 heterocycles. The van der Waals surface area contributed by atoms with E-state index in [1.165, 1.54) is 22.9 Å². The molecule has 0 unspecified atom stereocenters. The zero-order valence-corrected chi connectivity index (χ0v) is 11.6. The molecule has 20 heavy (non-hydrogen) atoms. The fourth-order valence-corrected chi connectivity index (χ4v) is 1.82. The topological polar surface area (TPSA) is 71.7 Å². The molecule has 2 rings (SSSR count). The van der Waals surface area contributed by atoms with Gasteiger partial charge in [0.2, 0.25) is 0 Å². The summed E-state index contributed by atoms with van der Waals surface area (Å²) in [6.07, 6.45) is 1.50. The van der Waals surface area contributed by atoms with Gasteiger partial charge in [0.25, 0.3) is 0 Å². The van der Waals surface area contributed by atoms with E-state index in [-0.39, 0.29) is 17.2 Å². The lowest BCUT2D eigenvalue weighted by Gasteiger charge is -2.20. The Bertz CT molecular complexity index is 638. The van der Waals surface area contributed by atoms with Crippen LogP contribution in [0.5, 0.6) is 11.5 Å². The van der Waals surface area contributed by atoms with Crippen LogP contribution in [0.25, 0.3) is 5.69 Å². The van der Waals surface area contributed by atoms with Crippen molar-refractivity contribution in [3.63, 3.8) is 0 Å². The van der Waals surface area contributed by atoms with E-state index in [0.717, 1.165) is 0 Å². The molecule has 0 bridgehead atoms. The number of aromatic hydroxyl groups is 2. The highest BCUT2D eigenvalue weighted by Crippen LogP contribution is 2.29. The minimum absolute atomic E-state index is 0.00732. The summed E-state index contributed by atoms with van der Waals surface area (Å²) in [6.45, 7) is 5.24. The molecule has 1 aromatic heterocycles. The van der Waals surface area contributed by atoms with Gasteiger partial charge in [-0.2, -0.15) is 0 Å². The highest BCUT2D eigenvalue weighted by Gasteiger charge is 2.25. The van der Waals surface area contributed by atoms with Gasteiger partial charge in [-0.3, -0.25) is 0 Å². The minimum atomic E-state index is -0.669. The summed E-state index contributed by atoms with van der Waals surface area (Å²) in [5.74, 6) is -0.835. The molecule has 0 amide bonds. The maximum absolute atomic E-state index is 12.2. The molecule has 0 spiro atoms. The van der Waals surface area contributed by atoms with Gasteiger partial charge in [-0.25, -0.2) is 4.79 Å². The summed E-state index contributed by atoms with van der Waals surface area (Å²) in [6, 6.07) is 7.93. The first kappa shape index (κ1) is 14.0. The molecule has 0 atom stereocenters. The van der Waals surface area contributed by atoms with Gasteiger partial charge in [0.15, 0.2) is 5.69 Å². The summed E-state index contributed by atoms with van der Waals surface area (Å²) in [4.78, 5) is 12.2. The highest BCUT2D eigenvalue weighted by atomic mass is 16.6. The van der Waals surface area contributed by atoms with E-state index in [1.54, 1.807) is 39.0 Å². The van der Waals surface area contributed by atoms with E-state index in [2.05, 4.69) is 0 Å². The number of hydrogen-bond donors (Lipinski definition) is 2. The monoisotopic (exact) mass is 275 g/mol. The van der Waals surface area contributed by atoms with Gasteiger partial charge in [-0.15, -0.1) is 0 Å². The Kier molecular flexibility index (Phi) is 3.44. The zero-order valence-electron chi connectivity index (χ0n) is 11.6. The van der Waals surface area contributed by atoms with Crippen LogP contribution < -0.4 is 0 Å². The number of carbonyl (C=O) groups excluding carboxylic acids is 1. The maximum Gasteiger partial charge on any atom is 0.359 e. The molecule has 2 aromatic rings. The molecule has 0 aliphatic carbocycles. The van der Waals surface area contributed by atoms with Gasteiger partial charge in [0.05, 0.1) is 5.69 Å². The Morgan fingerprint density at radius 2 is 1.75 bits per heavy atom. The van der Waals surface area contributed by atoms with Crippen molar-refractivity contribution in [2.45, 2.75) is 26.4 Å². The number of phenols is 1. The molecule has 0 saturated carbocycles. The van der Waals surface area contributed by atoms with Gasteiger partial charge >= 0.3 is 5.97 Å². The van der Waals surface area contributed by atoms with Crippen molar-refractivity contribution in [1.29, 1.82) is 0 Å². The molecule has 106 valence electrons. The molecule has 1 aromatic carbocycles. The molecule has 0 radical (unpaired) electrons. The lowest BCUT2D eigenvalue weighted by Crippen LogP contribution is -2.25. The van der Waals surface area contributed by atoms with E-state index in [4.69, 9.17) is 4.74 Å². The molecular formula is C15H17NO4. The second-order valence-electron chi connectivity index (χ2n) is 5.41. The van der Waals surface area contributed by atoms with Crippen LogP contribution in [0.15, 0.2) is 36.5 Å². The molecule has 0 aliphatic heterocycles. The number of phenolic OH excluding ortho intramolecular Hbond substituents is 1. The number of ether oxygens (including phenoxy) is 1. The lowest BCUT2D eigenvalue weighted by molar-refractivity contribution is 0.00578. The Morgan fingerprint density at radius 3 is 2.35 bits per heavy atom. The molecular weight excluding hydrogens is 258 g/mol. The van der Waals surface area contributed by atoms with Gasteiger partial charge in [-0.1, -0.05) is 12.1 Å². The number of esters is 1. The fraction of sp³-hybridized carbons (Fsp3) is 0.267. The number of rotatable bonds is 2. The van der Waals surface area contributed by atoms with E-state index in [1.807, 2.05) is 0 Å². The second kappa shape index (κ2) is 4.92. The van der Waals surface area contributed by atoms with Crippen LogP contribution in [0.4, 0.5) is 0 Å². The second-order valence-corrected chi connectivity index (χ2v) is 5.41. The van der Waals surface area contributed by atoms with Crippen LogP contribution in [-0.2, 0) is 4.74 Å². The minimum Gasteiger partial charge on any atom is -0.506 e. The standard InChI is InChI=1S/C15H17NO4/c1-15(2,3)20-14(19)13-12(18)8-9-16(13)10-6-4-5-7-11(10)17/h4-9,17-18H,1-3H3. The summed E-state index contributed by atoms with van der Waals surface area (Å²) >= 11 is 0. The third-order valence-electron chi connectivity index (χ3n) is 2.60. The first-order chi connectivity index (χ1) is 9.29. The zero-order chi connectivity index (χ0) is 14.9. The summed E-state index contributed by atoms with van der Waals surface area (Å²) in [5.41, 5.74) is -0.285. The van der Waals surface area contributed by atoms with Crippen molar-refractivity contribution >= 4 is 5.97 Å². The Hall–Kier alpha value is -2.43. The molecule has 5 nitrogen and oxygen atoms in total. The predicted molar refractivity (Wildman–Crippen MR) is 74.3 cm³/mol. The molecule has 5 heteroatoms. The number of carbonyl (C=O) groups is 1. The SMILES string of the molecule is CC(C)(C)OC(=O)c1c(O)ccn1-c1ccccc1O. The average molecular weight is 275 g/mol.